The summed E-state index contributed by atoms with van der Waals surface area (Å²) in [5.74, 6) is 0.434. The third-order valence-corrected chi connectivity index (χ3v) is 3.80. The Morgan fingerprint density at radius 3 is 2.60 bits per heavy atom. The highest BCUT2D eigenvalue weighted by Gasteiger charge is 2.21. The van der Waals surface area contributed by atoms with Crippen molar-refractivity contribution < 1.29 is 5.11 Å². The fraction of sp³-hybridized carbons (Fsp3) is 0.500. The minimum absolute atomic E-state index is 0.154. The zero-order valence-corrected chi connectivity index (χ0v) is 9.93. The highest BCUT2D eigenvalue weighted by atomic mass is 35.5. The predicted octanol–water partition coefficient (Wildman–Crippen LogP) is 4.01. The monoisotopic (exact) mass is 244 g/mol. The Morgan fingerprint density at radius 2 is 1.93 bits per heavy atom. The third-order valence-electron chi connectivity index (χ3n) is 3.06. The highest BCUT2D eigenvalue weighted by Crippen LogP contribution is 2.35. The van der Waals surface area contributed by atoms with Gasteiger partial charge in [0.25, 0.3) is 0 Å². The number of hydrogen-bond acceptors (Lipinski definition) is 1. The number of aliphatic hydroxyl groups is 1. The summed E-state index contributed by atoms with van der Waals surface area (Å²) in [7, 11) is 0. The summed E-state index contributed by atoms with van der Waals surface area (Å²) in [6, 6.07) is 5.77. The average molecular weight is 245 g/mol. The molecule has 1 aliphatic rings. The molecule has 0 radical (unpaired) electrons. The van der Waals surface area contributed by atoms with Crippen molar-refractivity contribution in [1.29, 1.82) is 0 Å². The number of rotatable bonds is 1. The lowest BCUT2D eigenvalue weighted by atomic mass is 9.83. The van der Waals surface area contributed by atoms with Crippen molar-refractivity contribution >= 4 is 23.2 Å². The molecule has 0 bridgehead atoms. The lowest BCUT2D eigenvalue weighted by Gasteiger charge is -2.26. The van der Waals surface area contributed by atoms with Gasteiger partial charge in [-0.2, -0.15) is 0 Å². The van der Waals surface area contributed by atoms with Gasteiger partial charge in [0.05, 0.1) is 16.1 Å². The largest absolute Gasteiger partial charge is 0.393 e. The van der Waals surface area contributed by atoms with Crippen LogP contribution >= 0.6 is 23.2 Å². The predicted molar refractivity (Wildman–Crippen MR) is 63.7 cm³/mol. The van der Waals surface area contributed by atoms with Crippen LogP contribution in [-0.2, 0) is 0 Å². The second-order valence-corrected chi connectivity index (χ2v) is 5.01. The van der Waals surface area contributed by atoms with Crippen molar-refractivity contribution in [3.05, 3.63) is 33.8 Å². The van der Waals surface area contributed by atoms with E-state index >= 15 is 0 Å². The van der Waals surface area contributed by atoms with E-state index in [1.54, 1.807) is 0 Å². The normalized spacial score (nSPS) is 26.6. The van der Waals surface area contributed by atoms with Crippen LogP contribution < -0.4 is 0 Å². The summed E-state index contributed by atoms with van der Waals surface area (Å²) in [6.45, 7) is 0. The molecular formula is C12H14Cl2O. The third kappa shape index (κ3) is 2.66. The van der Waals surface area contributed by atoms with Crippen molar-refractivity contribution in [1.82, 2.24) is 0 Å². The van der Waals surface area contributed by atoms with Crippen LogP contribution in [-0.4, -0.2) is 11.2 Å². The molecule has 1 aliphatic carbocycles. The molecule has 1 nitrogen and oxygen atoms in total. The first-order valence-corrected chi connectivity index (χ1v) is 6.05. The Balaban J connectivity index is 2.18. The van der Waals surface area contributed by atoms with E-state index in [9.17, 15) is 5.11 Å². The van der Waals surface area contributed by atoms with Gasteiger partial charge < -0.3 is 5.11 Å². The Hall–Kier alpha value is -0.240. The summed E-state index contributed by atoms with van der Waals surface area (Å²) < 4.78 is 0. The maximum Gasteiger partial charge on any atom is 0.0595 e. The second kappa shape index (κ2) is 4.73. The fourth-order valence-corrected chi connectivity index (χ4v) is 2.54. The van der Waals surface area contributed by atoms with Crippen LogP contribution in [0.3, 0.4) is 0 Å². The van der Waals surface area contributed by atoms with Crippen LogP contribution in [0.25, 0.3) is 0 Å². The molecule has 0 spiro atoms. The fourth-order valence-electron chi connectivity index (χ4n) is 2.23. The van der Waals surface area contributed by atoms with E-state index in [-0.39, 0.29) is 6.10 Å². The minimum Gasteiger partial charge on any atom is -0.393 e. The highest BCUT2D eigenvalue weighted by molar-refractivity contribution is 6.42. The summed E-state index contributed by atoms with van der Waals surface area (Å²) in [5.41, 5.74) is 1.20. The van der Waals surface area contributed by atoms with Gasteiger partial charge in [0, 0.05) is 0 Å². The first-order valence-electron chi connectivity index (χ1n) is 5.30. The molecule has 0 aliphatic heterocycles. The summed E-state index contributed by atoms with van der Waals surface area (Å²) in [5, 5.41) is 10.8. The van der Waals surface area contributed by atoms with Crippen molar-refractivity contribution in [3.8, 4) is 0 Å². The molecule has 2 unspecified atom stereocenters. The molecule has 0 saturated heterocycles. The zero-order valence-electron chi connectivity index (χ0n) is 8.42. The van der Waals surface area contributed by atoms with E-state index in [4.69, 9.17) is 23.2 Å². The van der Waals surface area contributed by atoms with Crippen molar-refractivity contribution in [2.45, 2.75) is 37.7 Å². The van der Waals surface area contributed by atoms with Gasteiger partial charge in [-0.1, -0.05) is 35.7 Å². The lowest BCUT2D eigenvalue weighted by Crippen LogP contribution is -2.18. The van der Waals surface area contributed by atoms with E-state index in [0.29, 0.717) is 16.0 Å². The van der Waals surface area contributed by atoms with Crippen molar-refractivity contribution in [2.24, 2.45) is 0 Å². The van der Waals surface area contributed by atoms with Crippen LogP contribution in [0.15, 0.2) is 18.2 Å². The maximum atomic E-state index is 9.61. The van der Waals surface area contributed by atoms with Crippen LogP contribution in [0, 0.1) is 0 Å². The van der Waals surface area contributed by atoms with E-state index in [1.165, 1.54) is 5.56 Å². The number of aliphatic hydroxyl groups excluding tert-OH is 1. The molecule has 1 N–H and O–H groups in total. The van der Waals surface area contributed by atoms with Crippen LogP contribution in [0.4, 0.5) is 0 Å². The Kier molecular flexibility index (Phi) is 3.55. The molecule has 2 atom stereocenters. The molecule has 1 aromatic carbocycles. The topological polar surface area (TPSA) is 20.2 Å². The molecule has 1 fully saturated rings. The molecule has 1 saturated carbocycles. The van der Waals surface area contributed by atoms with Crippen molar-refractivity contribution in [2.75, 3.05) is 0 Å². The summed E-state index contributed by atoms with van der Waals surface area (Å²) >= 11 is 11.8. The van der Waals surface area contributed by atoms with E-state index in [1.807, 2.05) is 18.2 Å². The second-order valence-electron chi connectivity index (χ2n) is 4.19. The Morgan fingerprint density at radius 1 is 1.13 bits per heavy atom. The molecule has 3 heteroatoms. The number of hydrogen-bond donors (Lipinski definition) is 1. The zero-order chi connectivity index (χ0) is 10.8. The maximum absolute atomic E-state index is 9.61. The van der Waals surface area contributed by atoms with Gasteiger partial charge in [-0.15, -0.1) is 0 Å². The average Bonchev–Trinajstić information content (AvgIpc) is 2.22. The molecule has 82 valence electrons. The number of halogens is 2. The first kappa shape index (κ1) is 11.3. The van der Waals surface area contributed by atoms with Gasteiger partial charge in [-0.3, -0.25) is 0 Å². The summed E-state index contributed by atoms with van der Waals surface area (Å²) in [6.07, 6.45) is 3.84. The quantitative estimate of drug-likeness (QED) is 0.792. The molecular weight excluding hydrogens is 231 g/mol. The van der Waals surface area contributed by atoms with E-state index in [0.717, 1.165) is 25.7 Å². The molecule has 2 rings (SSSR count). The molecule has 0 heterocycles. The standard InChI is InChI=1S/C12H14Cl2O/c13-11-5-4-9(7-12(11)14)8-2-1-3-10(15)6-8/h4-5,7-8,10,15H,1-3,6H2. The van der Waals surface area contributed by atoms with E-state index in [2.05, 4.69) is 0 Å². The number of benzene rings is 1. The van der Waals surface area contributed by atoms with Crippen molar-refractivity contribution in [3.63, 3.8) is 0 Å². The smallest absolute Gasteiger partial charge is 0.0595 e. The van der Waals surface area contributed by atoms with Crippen LogP contribution in [0.5, 0.6) is 0 Å². The van der Waals surface area contributed by atoms with Gasteiger partial charge in [-0.05, 0) is 42.9 Å². The van der Waals surface area contributed by atoms with E-state index < -0.39 is 0 Å². The van der Waals surface area contributed by atoms with Gasteiger partial charge in [-0.25, -0.2) is 0 Å². The molecule has 0 aromatic heterocycles. The summed E-state index contributed by atoms with van der Waals surface area (Å²) in [4.78, 5) is 0. The van der Waals surface area contributed by atoms with Gasteiger partial charge >= 0.3 is 0 Å². The Bertz CT molecular complexity index is 351. The van der Waals surface area contributed by atoms with Gasteiger partial charge in [0.1, 0.15) is 0 Å². The Labute approximate surface area is 100 Å². The SMILES string of the molecule is OC1CCCC(c2ccc(Cl)c(Cl)c2)C1. The van der Waals surface area contributed by atoms with Crippen LogP contribution in [0.2, 0.25) is 10.0 Å². The van der Waals surface area contributed by atoms with Gasteiger partial charge in [0.2, 0.25) is 0 Å². The van der Waals surface area contributed by atoms with Gasteiger partial charge in [0.15, 0.2) is 0 Å². The lowest BCUT2D eigenvalue weighted by molar-refractivity contribution is 0.119. The molecule has 0 amide bonds. The minimum atomic E-state index is -0.154. The molecule has 15 heavy (non-hydrogen) atoms. The van der Waals surface area contributed by atoms with Crippen LogP contribution in [0.1, 0.15) is 37.2 Å². The molecule has 1 aromatic rings. The first-order chi connectivity index (χ1) is 7.16.